The molecule has 0 saturated carbocycles. The third-order valence-electron chi connectivity index (χ3n) is 2.04. The van der Waals surface area contributed by atoms with E-state index < -0.39 is 24.6 Å². The third-order valence-corrected chi connectivity index (χ3v) is 2.04. The van der Waals surface area contributed by atoms with Crippen LogP contribution in [-0.4, -0.2) is 19.8 Å². The van der Waals surface area contributed by atoms with Gasteiger partial charge in [0.1, 0.15) is 5.75 Å². The molecule has 0 aliphatic rings. The van der Waals surface area contributed by atoms with Gasteiger partial charge < -0.3 is 10.1 Å². The maximum Gasteiger partial charge on any atom is 0.573 e. The average Bonchev–Trinajstić information content (AvgIpc) is 2.18. The Morgan fingerprint density at radius 1 is 1.12 bits per heavy atom. The molecule has 0 heterocycles. The fourth-order valence-corrected chi connectivity index (χ4v) is 1.31. The van der Waals surface area contributed by atoms with E-state index in [0.717, 1.165) is 24.3 Å². The average molecular weight is 255 g/mol. The second-order valence-corrected chi connectivity index (χ2v) is 3.22. The molecule has 2 nitrogen and oxygen atoms in total. The number of hydrogen-bond acceptors (Lipinski definition) is 2. The van der Waals surface area contributed by atoms with Crippen LogP contribution in [0.2, 0.25) is 0 Å². The number of ether oxygens (including phenoxy) is 1. The molecular weight excluding hydrogens is 245 g/mol. The zero-order chi connectivity index (χ0) is 13.1. The van der Waals surface area contributed by atoms with Crippen LogP contribution >= 0.6 is 0 Å². The third kappa shape index (κ3) is 4.18. The Kier molecular flexibility index (Phi) is 4.28. The summed E-state index contributed by atoms with van der Waals surface area (Å²) in [6.45, 7) is 0. The number of hydrogen-bond donors (Lipinski definition) is 1. The maximum absolute atomic E-state index is 12.5. The van der Waals surface area contributed by atoms with Crippen molar-refractivity contribution in [2.75, 3.05) is 7.05 Å². The van der Waals surface area contributed by atoms with Gasteiger partial charge in [0, 0.05) is 0 Å². The van der Waals surface area contributed by atoms with Crippen molar-refractivity contribution in [2.24, 2.45) is 0 Å². The molecule has 0 aromatic heterocycles. The van der Waals surface area contributed by atoms with Gasteiger partial charge in [0.05, 0.1) is 6.04 Å². The Hall–Kier alpha value is -1.37. The van der Waals surface area contributed by atoms with Gasteiger partial charge in [-0.1, -0.05) is 12.1 Å². The van der Waals surface area contributed by atoms with E-state index in [9.17, 15) is 22.0 Å². The molecule has 0 amide bonds. The smallest absolute Gasteiger partial charge is 0.406 e. The summed E-state index contributed by atoms with van der Waals surface area (Å²) >= 11 is 0. The molecule has 0 radical (unpaired) electrons. The summed E-state index contributed by atoms with van der Waals surface area (Å²) in [5.41, 5.74) is 0.192. The summed E-state index contributed by atoms with van der Waals surface area (Å²) < 4.78 is 64.1. The van der Waals surface area contributed by atoms with E-state index in [1.807, 2.05) is 0 Å². The Morgan fingerprint density at radius 3 is 2.00 bits per heavy atom. The predicted molar refractivity (Wildman–Crippen MR) is 50.9 cm³/mol. The van der Waals surface area contributed by atoms with Crippen LogP contribution in [0.15, 0.2) is 24.3 Å². The van der Waals surface area contributed by atoms with Crippen LogP contribution in [0.5, 0.6) is 5.75 Å². The van der Waals surface area contributed by atoms with Gasteiger partial charge in [0.15, 0.2) is 0 Å². The minimum Gasteiger partial charge on any atom is -0.406 e. The zero-order valence-corrected chi connectivity index (χ0v) is 8.76. The summed E-state index contributed by atoms with van der Waals surface area (Å²) in [7, 11) is 1.34. The lowest BCUT2D eigenvalue weighted by Gasteiger charge is -2.16. The summed E-state index contributed by atoms with van der Waals surface area (Å²) in [6.07, 6.45) is -7.43. The molecule has 0 spiro atoms. The van der Waals surface area contributed by atoms with Crippen molar-refractivity contribution in [1.29, 1.82) is 0 Å². The minimum absolute atomic E-state index is 0.192. The van der Waals surface area contributed by atoms with Crippen LogP contribution in [0, 0.1) is 0 Å². The van der Waals surface area contributed by atoms with Gasteiger partial charge >= 0.3 is 6.36 Å². The standard InChI is InChI=1S/C10H10F5NO/c1-16-8(9(11)12)6-2-4-7(5-3-6)17-10(13,14)15/h2-5,8-9,16H,1H3. The van der Waals surface area contributed by atoms with Crippen molar-refractivity contribution >= 4 is 0 Å². The Morgan fingerprint density at radius 2 is 1.65 bits per heavy atom. The Labute approximate surface area is 94.4 Å². The molecule has 1 atom stereocenters. The summed E-state index contributed by atoms with van der Waals surface area (Å²) in [5, 5.41) is 2.37. The van der Waals surface area contributed by atoms with E-state index in [4.69, 9.17) is 0 Å². The van der Waals surface area contributed by atoms with E-state index in [1.165, 1.54) is 7.05 Å². The molecule has 0 saturated heterocycles. The van der Waals surface area contributed by atoms with Gasteiger partial charge in [0.2, 0.25) is 0 Å². The van der Waals surface area contributed by atoms with Crippen molar-refractivity contribution in [3.8, 4) is 5.75 Å². The zero-order valence-electron chi connectivity index (χ0n) is 8.76. The highest BCUT2D eigenvalue weighted by molar-refractivity contribution is 5.29. The van der Waals surface area contributed by atoms with Crippen LogP contribution in [-0.2, 0) is 0 Å². The first-order chi connectivity index (χ1) is 7.83. The molecular formula is C10H10F5NO. The first-order valence-corrected chi connectivity index (χ1v) is 4.64. The Balaban J connectivity index is 2.80. The molecule has 1 unspecified atom stereocenters. The summed E-state index contributed by atoms with van der Waals surface area (Å²) in [5.74, 6) is -0.439. The van der Waals surface area contributed by atoms with Crippen LogP contribution in [0.25, 0.3) is 0 Å². The van der Waals surface area contributed by atoms with Crippen molar-refractivity contribution in [3.63, 3.8) is 0 Å². The Bertz CT molecular complexity index is 349. The highest BCUT2D eigenvalue weighted by atomic mass is 19.4. The van der Waals surface area contributed by atoms with Gasteiger partial charge in [-0.25, -0.2) is 8.78 Å². The largest absolute Gasteiger partial charge is 0.573 e. The van der Waals surface area contributed by atoms with Crippen molar-refractivity contribution < 1.29 is 26.7 Å². The lowest BCUT2D eigenvalue weighted by molar-refractivity contribution is -0.274. The molecule has 1 aromatic carbocycles. The van der Waals surface area contributed by atoms with Crippen molar-refractivity contribution in [3.05, 3.63) is 29.8 Å². The SMILES string of the molecule is CNC(c1ccc(OC(F)(F)F)cc1)C(F)F. The van der Waals surface area contributed by atoms with Gasteiger partial charge in [0.25, 0.3) is 6.43 Å². The second kappa shape index (κ2) is 5.31. The molecule has 0 bridgehead atoms. The molecule has 96 valence electrons. The molecule has 1 N–H and O–H groups in total. The van der Waals surface area contributed by atoms with E-state index in [0.29, 0.717) is 0 Å². The number of halogens is 5. The maximum atomic E-state index is 12.5. The highest BCUT2D eigenvalue weighted by Crippen LogP contribution is 2.26. The highest BCUT2D eigenvalue weighted by Gasteiger charge is 2.31. The van der Waals surface area contributed by atoms with Gasteiger partial charge in [-0.05, 0) is 24.7 Å². The summed E-state index contributed by atoms with van der Waals surface area (Å²) in [4.78, 5) is 0. The number of rotatable bonds is 4. The molecule has 7 heteroatoms. The number of benzene rings is 1. The first kappa shape index (κ1) is 13.7. The summed E-state index contributed by atoms with van der Waals surface area (Å²) in [6, 6.07) is 3.10. The van der Waals surface area contributed by atoms with Crippen LogP contribution in [0.4, 0.5) is 22.0 Å². The van der Waals surface area contributed by atoms with Gasteiger partial charge in [-0.2, -0.15) is 0 Å². The normalized spacial score (nSPS) is 13.8. The number of nitrogens with one attached hydrogen (secondary N) is 1. The van der Waals surface area contributed by atoms with Crippen molar-refractivity contribution in [1.82, 2.24) is 5.32 Å². The van der Waals surface area contributed by atoms with E-state index >= 15 is 0 Å². The topological polar surface area (TPSA) is 21.3 Å². The first-order valence-electron chi connectivity index (χ1n) is 4.64. The molecule has 0 aliphatic heterocycles. The molecule has 0 aliphatic carbocycles. The molecule has 1 rings (SSSR count). The fourth-order valence-electron chi connectivity index (χ4n) is 1.31. The van der Waals surface area contributed by atoms with Crippen LogP contribution < -0.4 is 10.1 Å². The molecule has 0 fully saturated rings. The lowest BCUT2D eigenvalue weighted by atomic mass is 10.1. The van der Waals surface area contributed by atoms with Gasteiger partial charge in [-0.3, -0.25) is 0 Å². The van der Waals surface area contributed by atoms with E-state index in [2.05, 4.69) is 10.1 Å². The molecule has 1 aromatic rings. The van der Waals surface area contributed by atoms with Crippen LogP contribution in [0.1, 0.15) is 11.6 Å². The second-order valence-electron chi connectivity index (χ2n) is 3.22. The van der Waals surface area contributed by atoms with E-state index in [-0.39, 0.29) is 5.56 Å². The van der Waals surface area contributed by atoms with E-state index in [1.54, 1.807) is 0 Å². The number of alkyl halides is 5. The molecule has 17 heavy (non-hydrogen) atoms. The van der Waals surface area contributed by atoms with Crippen molar-refractivity contribution in [2.45, 2.75) is 18.8 Å². The predicted octanol–water partition coefficient (Wildman–Crippen LogP) is 3.11. The van der Waals surface area contributed by atoms with Crippen LogP contribution in [0.3, 0.4) is 0 Å². The van der Waals surface area contributed by atoms with Gasteiger partial charge in [-0.15, -0.1) is 13.2 Å². The fraction of sp³-hybridized carbons (Fsp3) is 0.400. The lowest BCUT2D eigenvalue weighted by Crippen LogP contribution is -2.23. The monoisotopic (exact) mass is 255 g/mol. The minimum atomic E-state index is -4.79. The quantitative estimate of drug-likeness (QED) is 0.835.